The number of sulfonamides is 1. The number of nitrogens with zero attached hydrogens (tertiary/aromatic N) is 1. The molecule has 1 heterocycles. The lowest BCUT2D eigenvalue weighted by molar-refractivity contribution is 0.102. The summed E-state index contributed by atoms with van der Waals surface area (Å²) in [4.78, 5) is 12.5. The molecule has 1 unspecified atom stereocenters. The highest BCUT2D eigenvalue weighted by Gasteiger charge is 2.29. The second-order valence-electron chi connectivity index (χ2n) is 6.51. The second-order valence-corrected chi connectivity index (χ2v) is 8.45. The van der Waals surface area contributed by atoms with Gasteiger partial charge in [-0.25, -0.2) is 8.42 Å². The molecule has 1 aliphatic heterocycles. The summed E-state index contributed by atoms with van der Waals surface area (Å²) in [6.07, 6.45) is 0.575. The quantitative estimate of drug-likeness (QED) is 0.860. The molecule has 2 aromatic carbocycles. The molecule has 0 radical (unpaired) electrons. The summed E-state index contributed by atoms with van der Waals surface area (Å²) in [5.41, 5.74) is 2.00. The molecular weight excluding hydrogens is 352 g/mol. The van der Waals surface area contributed by atoms with Crippen LogP contribution in [0, 0.1) is 6.92 Å². The van der Waals surface area contributed by atoms with Crippen LogP contribution in [0.15, 0.2) is 53.4 Å². The third-order valence-electron chi connectivity index (χ3n) is 4.40. The van der Waals surface area contributed by atoms with Crippen LogP contribution >= 0.6 is 0 Å². The van der Waals surface area contributed by atoms with E-state index in [1.807, 2.05) is 19.1 Å². The molecule has 1 saturated heterocycles. The maximum absolute atomic E-state index is 12.8. The van der Waals surface area contributed by atoms with Gasteiger partial charge in [-0.2, -0.15) is 4.31 Å². The van der Waals surface area contributed by atoms with Crippen molar-refractivity contribution in [3.8, 4) is 0 Å². The molecule has 1 amide bonds. The molecule has 138 valence electrons. The molecule has 1 fully saturated rings. The summed E-state index contributed by atoms with van der Waals surface area (Å²) in [5.74, 6) is -0.371. The molecule has 0 bridgehead atoms. The SMILES string of the molecule is Cc1ccc(NC(=O)c2cccc(S(=O)(=O)N3CCCC(O)C3)c2)cc1. The number of carbonyl (C=O) groups excluding carboxylic acids is 1. The highest BCUT2D eigenvalue weighted by atomic mass is 32.2. The van der Waals surface area contributed by atoms with Gasteiger partial charge in [-0.15, -0.1) is 0 Å². The Hall–Kier alpha value is -2.22. The number of aliphatic hydroxyl groups excluding tert-OH is 1. The Balaban J connectivity index is 1.81. The largest absolute Gasteiger partial charge is 0.392 e. The van der Waals surface area contributed by atoms with Crippen molar-refractivity contribution in [3.05, 3.63) is 59.7 Å². The Bertz CT molecular complexity index is 894. The number of rotatable bonds is 4. The zero-order valence-electron chi connectivity index (χ0n) is 14.6. The molecule has 3 rings (SSSR count). The standard InChI is InChI=1S/C19H22N2O4S/c1-14-7-9-16(10-8-14)20-19(23)15-4-2-6-18(12-15)26(24,25)21-11-3-5-17(22)13-21/h2,4,6-10,12,17,22H,3,5,11,13H2,1H3,(H,20,23). The lowest BCUT2D eigenvalue weighted by Crippen LogP contribution is -2.42. The first-order valence-corrected chi connectivity index (χ1v) is 9.96. The fraction of sp³-hybridized carbons (Fsp3) is 0.316. The van der Waals surface area contributed by atoms with Crippen molar-refractivity contribution in [2.45, 2.75) is 30.8 Å². The van der Waals surface area contributed by atoms with E-state index in [2.05, 4.69) is 5.32 Å². The number of benzene rings is 2. The van der Waals surface area contributed by atoms with Crippen molar-refractivity contribution < 1.29 is 18.3 Å². The first kappa shape index (κ1) is 18.6. The highest BCUT2D eigenvalue weighted by molar-refractivity contribution is 7.89. The molecule has 7 heteroatoms. The lowest BCUT2D eigenvalue weighted by Gasteiger charge is -2.29. The average Bonchev–Trinajstić information content (AvgIpc) is 2.63. The van der Waals surface area contributed by atoms with Crippen molar-refractivity contribution >= 4 is 21.6 Å². The third-order valence-corrected chi connectivity index (χ3v) is 6.26. The van der Waals surface area contributed by atoms with E-state index in [0.717, 1.165) is 5.56 Å². The Kier molecular flexibility index (Phi) is 5.41. The number of piperidine rings is 1. The van der Waals surface area contributed by atoms with E-state index in [9.17, 15) is 18.3 Å². The Morgan fingerprint density at radius 3 is 2.62 bits per heavy atom. The number of anilines is 1. The van der Waals surface area contributed by atoms with Gasteiger partial charge in [-0.1, -0.05) is 23.8 Å². The van der Waals surface area contributed by atoms with Gasteiger partial charge in [0.2, 0.25) is 10.0 Å². The van der Waals surface area contributed by atoms with E-state index in [0.29, 0.717) is 25.1 Å². The molecule has 0 aliphatic carbocycles. The van der Waals surface area contributed by atoms with E-state index in [4.69, 9.17) is 0 Å². The maximum Gasteiger partial charge on any atom is 0.255 e. The fourth-order valence-corrected chi connectivity index (χ4v) is 4.49. The molecule has 2 N–H and O–H groups in total. The number of β-amino-alcohol motifs (C(OH)–C–C–N with tert-alkyl or cyclic N) is 1. The first-order chi connectivity index (χ1) is 12.4. The molecule has 2 aromatic rings. The minimum Gasteiger partial charge on any atom is -0.392 e. The predicted octanol–water partition coefficient (Wildman–Crippen LogP) is 2.39. The van der Waals surface area contributed by atoms with Gasteiger partial charge >= 0.3 is 0 Å². The molecular formula is C19H22N2O4S. The summed E-state index contributed by atoms with van der Waals surface area (Å²) < 4.78 is 26.8. The minimum absolute atomic E-state index is 0.0585. The van der Waals surface area contributed by atoms with E-state index in [-0.39, 0.29) is 22.9 Å². The highest BCUT2D eigenvalue weighted by Crippen LogP contribution is 2.22. The van der Waals surface area contributed by atoms with Gasteiger partial charge in [0.25, 0.3) is 5.91 Å². The molecule has 1 aliphatic rings. The molecule has 0 saturated carbocycles. The number of amides is 1. The molecule has 26 heavy (non-hydrogen) atoms. The minimum atomic E-state index is -3.74. The fourth-order valence-electron chi connectivity index (χ4n) is 2.93. The van der Waals surface area contributed by atoms with Crippen molar-refractivity contribution in [3.63, 3.8) is 0 Å². The normalized spacial score (nSPS) is 18.5. The second kappa shape index (κ2) is 7.57. The van der Waals surface area contributed by atoms with Crippen molar-refractivity contribution in [2.75, 3.05) is 18.4 Å². The smallest absolute Gasteiger partial charge is 0.255 e. The summed E-state index contributed by atoms with van der Waals surface area (Å²) in [6.45, 7) is 2.42. The maximum atomic E-state index is 12.8. The van der Waals surface area contributed by atoms with E-state index >= 15 is 0 Å². The van der Waals surface area contributed by atoms with Crippen LogP contribution in [0.1, 0.15) is 28.8 Å². The Labute approximate surface area is 153 Å². The third kappa shape index (κ3) is 4.12. The number of hydrogen-bond donors (Lipinski definition) is 2. The van der Waals surface area contributed by atoms with Gasteiger partial charge in [0, 0.05) is 24.3 Å². The van der Waals surface area contributed by atoms with Crippen LogP contribution in [0.25, 0.3) is 0 Å². The molecule has 0 spiro atoms. The Morgan fingerprint density at radius 1 is 1.19 bits per heavy atom. The zero-order valence-corrected chi connectivity index (χ0v) is 15.4. The predicted molar refractivity (Wildman–Crippen MR) is 99.6 cm³/mol. The molecule has 0 aromatic heterocycles. The van der Waals surface area contributed by atoms with Crippen molar-refractivity contribution in [2.24, 2.45) is 0 Å². The number of carbonyl (C=O) groups is 1. The van der Waals surface area contributed by atoms with Crippen LogP contribution in [0.3, 0.4) is 0 Å². The zero-order chi connectivity index (χ0) is 18.7. The van der Waals surface area contributed by atoms with Gasteiger partial charge in [-0.3, -0.25) is 4.79 Å². The van der Waals surface area contributed by atoms with Crippen LogP contribution < -0.4 is 5.32 Å². The number of nitrogens with one attached hydrogen (secondary N) is 1. The van der Waals surface area contributed by atoms with Gasteiger partial charge in [0.1, 0.15) is 0 Å². The van der Waals surface area contributed by atoms with Crippen LogP contribution in [-0.4, -0.2) is 42.9 Å². The number of hydrogen-bond acceptors (Lipinski definition) is 4. The lowest BCUT2D eigenvalue weighted by atomic mass is 10.1. The van der Waals surface area contributed by atoms with Gasteiger partial charge in [0.05, 0.1) is 11.0 Å². The number of aliphatic hydroxyl groups is 1. The van der Waals surface area contributed by atoms with Crippen LogP contribution in [0.5, 0.6) is 0 Å². The first-order valence-electron chi connectivity index (χ1n) is 8.52. The van der Waals surface area contributed by atoms with E-state index < -0.39 is 16.1 Å². The van der Waals surface area contributed by atoms with Crippen molar-refractivity contribution in [1.29, 1.82) is 0 Å². The van der Waals surface area contributed by atoms with E-state index in [1.165, 1.54) is 16.4 Å². The topological polar surface area (TPSA) is 86.7 Å². The van der Waals surface area contributed by atoms with Crippen LogP contribution in [0.2, 0.25) is 0 Å². The monoisotopic (exact) mass is 374 g/mol. The Morgan fingerprint density at radius 2 is 1.92 bits per heavy atom. The summed E-state index contributed by atoms with van der Waals surface area (Å²) in [7, 11) is -3.74. The van der Waals surface area contributed by atoms with Gasteiger partial charge < -0.3 is 10.4 Å². The average molecular weight is 374 g/mol. The van der Waals surface area contributed by atoms with Gasteiger partial charge in [0.15, 0.2) is 0 Å². The van der Waals surface area contributed by atoms with Crippen molar-refractivity contribution in [1.82, 2.24) is 4.31 Å². The van der Waals surface area contributed by atoms with E-state index in [1.54, 1.807) is 24.3 Å². The van der Waals surface area contributed by atoms with Gasteiger partial charge in [-0.05, 0) is 50.1 Å². The summed E-state index contributed by atoms with van der Waals surface area (Å²) in [6, 6.07) is 13.3. The van der Waals surface area contributed by atoms with Crippen LogP contribution in [-0.2, 0) is 10.0 Å². The number of aryl methyl sites for hydroxylation is 1. The summed E-state index contributed by atoms with van der Waals surface area (Å²) in [5, 5.41) is 12.5. The summed E-state index contributed by atoms with van der Waals surface area (Å²) >= 11 is 0. The molecule has 1 atom stereocenters. The molecule has 6 nitrogen and oxygen atoms in total. The van der Waals surface area contributed by atoms with Crippen LogP contribution in [0.4, 0.5) is 5.69 Å².